The summed E-state index contributed by atoms with van der Waals surface area (Å²) in [7, 11) is 1.79. The van der Waals surface area contributed by atoms with Crippen LogP contribution in [0.4, 0.5) is 0 Å². The van der Waals surface area contributed by atoms with Crippen LogP contribution in [-0.2, 0) is 20.8 Å². The molecule has 9 heteroatoms. The number of ketones is 1. The quantitative estimate of drug-likeness (QED) is 0.373. The van der Waals surface area contributed by atoms with Crippen molar-refractivity contribution in [1.82, 2.24) is 25.0 Å². The van der Waals surface area contributed by atoms with Gasteiger partial charge in [-0.25, -0.2) is 10.1 Å². The molecule has 2 heterocycles. The summed E-state index contributed by atoms with van der Waals surface area (Å²) in [6, 6.07) is -0.566. The van der Waals surface area contributed by atoms with Crippen molar-refractivity contribution in [3.8, 4) is 0 Å². The van der Waals surface area contributed by atoms with Crippen LogP contribution >= 0.6 is 0 Å². The highest BCUT2D eigenvalue weighted by molar-refractivity contribution is 5.91. The van der Waals surface area contributed by atoms with Gasteiger partial charge in [0.15, 0.2) is 5.78 Å². The molecule has 1 aromatic heterocycles. The van der Waals surface area contributed by atoms with E-state index in [-0.39, 0.29) is 24.7 Å². The number of carbonyl (C=O) groups excluding carboxylic acids is 3. The lowest BCUT2D eigenvalue weighted by atomic mass is 9.91. The Morgan fingerprint density at radius 3 is 2.72 bits per heavy atom. The lowest BCUT2D eigenvalue weighted by Gasteiger charge is -2.33. The third-order valence-corrected chi connectivity index (χ3v) is 5.93. The SMILES string of the molecule is CN1CC[C@@H](C(=O)Cc2cnccn2)N1C(=O)[C@H](CC1CCCC1)CN(O)C=O. The van der Waals surface area contributed by atoms with Gasteiger partial charge in [0.25, 0.3) is 0 Å². The number of hydrogen-bond acceptors (Lipinski definition) is 7. The Balaban J connectivity index is 1.74. The summed E-state index contributed by atoms with van der Waals surface area (Å²) in [6.07, 6.45) is 10.6. The molecule has 0 radical (unpaired) electrons. The molecule has 9 nitrogen and oxygen atoms in total. The van der Waals surface area contributed by atoms with Gasteiger partial charge < -0.3 is 0 Å². The maximum absolute atomic E-state index is 13.4. The van der Waals surface area contributed by atoms with E-state index in [1.54, 1.807) is 30.6 Å². The molecule has 2 aliphatic rings. The average Bonchev–Trinajstić information content (AvgIpc) is 3.37. The number of hydrazine groups is 1. The van der Waals surface area contributed by atoms with Crippen molar-refractivity contribution in [2.75, 3.05) is 20.1 Å². The molecule has 2 amide bonds. The number of Topliss-reactive ketones (excluding diaryl/α,β-unsaturated/α-hetero) is 1. The normalized spacial score (nSPS) is 21.3. The highest BCUT2D eigenvalue weighted by atomic mass is 16.5. The number of carbonyl (C=O) groups is 3. The highest BCUT2D eigenvalue weighted by Crippen LogP contribution is 2.32. The van der Waals surface area contributed by atoms with E-state index in [1.807, 2.05) is 0 Å². The van der Waals surface area contributed by atoms with Crippen LogP contribution < -0.4 is 0 Å². The molecule has 2 fully saturated rings. The van der Waals surface area contributed by atoms with Crippen molar-refractivity contribution in [1.29, 1.82) is 0 Å². The van der Waals surface area contributed by atoms with Crippen molar-refractivity contribution in [3.05, 3.63) is 24.3 Å². The molecular formula is C20H29N5O4. The van der Waals surface area contributed by atoms with E-state index in [9.17, 15) is 19.6 Å². The minimum absolute atomic E-state index is 0.0613. The Kier molecular flexibility index (Phi) is 7.27. The lowest BCUT2D eigenvalue weighted by Crippen LogP contribution is -2.51. The molecule has 3 rings (SSSR count). The number of nitrogens with zero attached hydrogens (tertiary/aromatic N) is 5. The fourth-order valence-electron chi connectivity index (χ4n) is 4.47. The zero-order chi connectivity index (χ0) is 20.8. The molecule has 1 saturated heterocycles. The van der Waals surface area contributed by atoms with Crippen LogP contribution in [0.3, 0.4) is 0 Å². The maximum atomic E-state index is 13.4. The summed E-state index contributed by atoms with van der Waals surface area (Å²) in [6.45, 7) is 0.531. The number of hydrogen-bond donors (Lipinski definition) is 1. The van der Waals surface area contributed by atoms with Gasteiger partial charge in [0.2, 0.25) is 12.3 Å². The van der Waals surface area contributed by atoms with E-state index >= 15 is 0 Å². The molecule has 1 saturated carbocycles. The molecule has 1 aliphatic heterocycles. The average molecular weight is 403 g/mol. The third-order valence-electron chi connectivity index (χ3n) is 5.93. The summed E-state index contributed by atoms with van der Waals surface area (Å²) in [5, 5.41) is 13.6. The van der Waals surface area contributed by atoms with Gasteiger partial charge in [-0.2, -0.15) is 0 Å². The number of rotatable bonds is 9. The van der Waals surface area contributed by atoms with E-state index < -0.39 is 12.0 Å². The second-order valence-electron chi connectivity index (χ2n) is 8.02. The molecule has 0 aromatic carbocycles. The van der Waals surface area contributed by atoms with E-state index in [0.717, 1.165) is 25.7 Å². The molecule has 1 aliphatic carbocycles. The second-order valence-corrected chi connectivity index (χ2v) is 8.02. The number of aromatic nitrogens is 2. The van der Waals surface area contributed by atoms with Gasteiger partial charge in [0, 0.05) is 32.2 Å². The van der Waals surface area contributed by atoms with E-state index in [1.165, 1.54) is 5.01 Å². The first-order valence-corrected chi connectivity index (χ1v) is 10.2. The Morgan fingerprint density at radius 2 is 2.07 bits per heavy atom. The van der Waals surface area contributed by atoms with Crippen molar-refractivity contribution in [2.24, 2.45) is 11.8 Å². The second kappa shape index (κ2) is 9.89. The fourth-order valence-corrected chi connectivity index (χ4v) is 4.47. The van der Waals surface area contributed by atoms with Gasteiger partial charge in [-0.05, 0) is 18.8 Å². The first-order chi connectivity index (χ1) is 14.0. The third kappa shape index (κ3) is 5.36. The predicted octanol–water partition coefficient (Wildman–Crippen LogP) is 1.08. The summed E-state index contributed by atoms with van der Waals surface area (Å²) >= 11 is 0. The molecule has 158 valence electrons. The summed E-state index contributed by atoms with van der Waals surface area (Å²) in [4.78, 5) is 45.4. The van der Waals surface area contributed by atoms with E-state index in [0.29, 0.717) is 42.5 Å². The summed E-state index contributed by atoms with van der Waals surface area (Å²) in [5.41, 5.74) is 0.574. The van der Waals surface area contributed by atoms with Crippen LogP contribution in [0.2, 0.25) is 0 Å². The van der Waals surface area contributed by atoms with E-state index in [4.69, 9.17) is 0 Å². The topological polar surface area (TPSA) is 107 Å². The van der Waals surface area contributed by atoms with Crippen LogP contribution in [-0.4, -0.2) is 74.5 Å². The van der Waals surface area contributed by atoms with Crippen molar-refractivity contribution < 1.29 is 19.6 Å². The summed E-state index contributed by atoms with van der Waals surface area (Å²) in [5.74, 6) is -0.430. The van der Waals surface area contributed by atoms with Crippen LogP contribution in [0, 0.1) is 11.8 Å². The minimum Gasteiger partial charge on any atom is -0.297 e. The van der Waals surface area contributed by atoms with Gasteiger partial charge in [-0.15, -0.1) is 0 Å². The molecular weight excluding hydrogens is 374 g/mol. The lowest BCUT2D eigenvalue weighted by molar-refractivity contribution is -0.164. The Labute approximate surface area is 170 Å². The van der Waals surface area contributed by atoms with Crippen LogP contribution in [0.15, 0.2) is 18.6 Å². The Hall–Kier alpha value is -2.39. The minimum atomic E-state index is -0.566. The Morgan fingerprint density at radius 1 is 1.31 bits per heavy atom. The predicted molar refractivity (Wildman–Crippen MR) is 103 cm³/mol. The zero-order valence-corrected chi connectivity index (χ0v) is 16.8. The maximum Gasteiger partial charge on any atom is 0.242 e. The van der Waals surface area contributed by atoms with Crippen LogP contribution in [0.25, 0.3) is 0 Å². The number of hydroxylamine groups is 2. The van der Waals surface area contributed by atoms with Gasteiger partial charge in [-0.1, -0.05) is 25.7 Å². The zero-order valence-electron chi connectivity index (χ0n) is 16.8. The van der Waals surface area contributed by atoms with Gasteiger partial charge in [0.1, 0.15) is 6.04 Å². The van der Waals surface area contributed by atoms with Crippen LogP contribution in [0.1, 0.15) is 44.2 Å². The van der Waals surface area contributed by atoms with Crippen molar-refractivity contribution in [3.63, 3.8) is 0 Å². The van der Waals surface area contributed by atoms with Crippen molar-refractivity contribution in [2.45, 2.75) is 51.0 Å². The first kappa shape index (κ1) is 21.3. The van der Waals surface area contributed by atoms with Crippen LogP contribution in [0.5, 0.6) is 0 Å². The molecule has 0 spiro atoms. The standard InChI is InChI=1S/C20H29N5O4/c1-23-9-6-18(19(27)11-17-12-21-7-8-22-17)25(23)20(28)16(13-24(29)14-26)10-15-4-2-3-5-15/h7-8,12,14-16,18,29H,2-6,9-11,13H2,1H3/t16-,18+/m1/s1. The fraction of sp³-hybridized carbons (Fsp3) is 0.650. The molecule has 29 heavy (non-hydrogen) atoms. The van der Waals surface area contributed by atoms with Gasteiger partial charge in [-0.3, -0.25) is 34.6 Å². The molecule has 2 atom stereocenters. The molecule has 1 aromatic rings. The number of amides is 2. The van der Waals surface area contributed by atoms with Gasteiger partial charge >= 0.3 is 0 Å². The molecule has 0 bridgehead atoms. The first-order valence-electron chi connectivity index (χ1n) is 10.2. The monoisotopic (exact) mass is 403 g/mol. The smallest absolute Gasteiger partial charge is 0.242 e. The Bertz CT molecular complexity index is 710. The molecule has 1 N–H and O–H groups in total. The van der Waals surface area contributed by atoms with E-state index in [2.05, 4.69) is 9.97 Å². The summed E-state index contributed by atoms with van der Waals surface area (Å²) < 4.78 is 0. The van der Waals surface area contributed by atoms with Gasteiger partial charge in [0.05, 0.1) is 24.6 Å². The van der Waals surface area contributed by atoms with Crippen molar-refractivity contribution >= 4 is 18.1 Å². The largest absolute Gasteiger partial charge is 0.297 e. The highest BCUT2D eigenvalue weighted by Gasteiger charge is 2.41. The molecule has 0 unspecified atom stereocenters.